The van der Waals surface area contributed by atoms with Crippen molar-refractivity contribution >= 4 is 0 Å². The van der Waals surface area contributed by atoms with E-state index < -0.39 is 0 Å². The standard InChI is InChI=1S/C8H14O2/c1-4-5-6-7-8(9-2)10-3/h4-8H,1-3H3. The topological polar surface area (TPSA) is 18.5 Å². The molecule has 0 fully saturated rings. The molecule has 0 aromatic rings. The van der Waals surface area contributed by atoms with E-state index in [0.717, 1.165) is 0 Å². The molecule has 0 amide bonds. The van der Waals surface area contributed by atoms with Gasteiger partial charge in [-0.3, -0.25) is 0 Å². The van der Waals surface area contributed by atoms with Gasteiger partial charge in [-0.15, -0.1) is 0 Å². The number of rotatable bonds is 4. The molecular weight excluding hydrogens is 128 g/mol. The molecule has 0 radical (unpaired) electrons. The second-order valence-corrected chi connectivity index (χ2v) is 1.75. The van der Waals surface area contributed by atoms with E-state index in [2.05, 4.69) is 0 Å². The molecule has 0 aromatic heterocycles. The largest absolute Gasteiger partial charge is 0.352 e. The van der Waals surface area contributed by atoms with E-state index >= 15 is 0 Å². The second kappa shape index (κ2) is 6.52. The number of allylic oxidation sites excluding steroid dienone is 3. The Morgan fingerprint density at radius 1 is 1.10 bits per heavy atom. The van der Waals surface area contributed by atoms with Crippen LogP contribution in [0, 0.1) is 0 Å². The molecule has 0 aliphatic carbocycles. The Morgan fingerprint density at radius 2 is 1.70 bits per heavy atom. The maximum Gasteiger partial charge on any atom is 0.176 e. The van der Waals surface area contributed by atoms with Crippen LogP contribution in [0.5, 0.6) is 0 Å². The number of hydrogen-bond donors (Lipinski definition) is 0. The summed E-state index contributed by atoms with van der Waals surface area (Å²) >= 11 is 0. The van der Waals surface area contributed by atoms with Crippen molar-refractivity contribution in [2.75, 3.05) is 14.2 Å². The fraction of sp³-hybridized carbons (Fsp3) is 0.500. The van der Waals surface area contributed by atoms with Crippen LogP contribution in [0.25, 0.3) is 0 Å². The van der Waals surface area contributed by atoms with Gasteiger partial charge in [-0.1, -0.05) is 18.2 Å². The van der Waals surface area contributed by atoms with Crippen LogP contribution in [-0.2, 0) is 9.47 Å². The summed E-state index contributed by atoms with van der Waals surface area (Å²) in [5, 5.41) is 0. The summed E-state index contributed by atoms with van der Waals surface area (Å²) in [5.41, 5.74) is 0. The Balaban J connectivity index is 3.60. The molecule has 0 heterocycles. The molecule has 0 atom stereocenters. The Hall–Kier alpha value is -0.600. The quantitative estimate of drug-likeness (QED) is 0.439. The molecule has 2 heteroatoms. The first-order valence-electron chi connectivity index (χ1n) is 3.20. The Bertz CT molecular complexity index is 112. The fourth-order valence-electron chi connectivity index (χ4n) is 0.519. The minimum absolute atomic E-state index is 0.226. The van der Waals surface area contributed by atoms with Gasteiger partial charge >= 0.3 is 0 Å². The molecule has 0 bridgehead atoms. The number of hydrogen-bond acceptors (Lipinski definition) is 2. The summed E-state index contributed by atoms with van der Waals surface area (Å²) in [4.78, 5) is 0. The predicted octanol–water partition coefficient (Wildman–Crippen LogP) is 1.74. The highest BCUT2D eigenvalue weighted by atomic mass is 16.7. The van der Waals surface area contributed by atoms with E-state index in [1.165, 1.54) is 0 Å². The van der Waals surface area contributed by atoms with Crippen LogP contribution in [0.3, 0.4) is 0 Å². The Labute approximate surface area is 62.1 Å². The van der Waals surface area contributed by atoms with E-state index in [0.29, 0.717) is 0 Å². The molecule has 0 saturated carbocycles. The molecule has 0 aliphatic rings. The summed E-state index contributed by atoms with van der Waals surface area (Å²) in [6.07, 6.45) is 7.36. The van der Waals surface area contributed by atoms with Crippen LogP contribution in [0.15, 0.2) is 24.3 Å². The number of methoxy groups -OCH3 is 2. The second-order valence-electron chi connectivity index (χ2n) is 1.75. The van der Waals surface area contributed by atoms with Crippen molar-refractivity contribution in [3.63, 3.8) is 0 Å². The first kappa shape index (κ1) is 9.40. The molecule has 0 aromatic carbocycles. The van der Waals surface area contributed by atoms with E-state index in [1.807, 2.05) is 31.2 Å². The van der Waals surface area contributed by atoms with Crippen molar-refractivity contribution in [3.8, 4) is 0 Å². The van der Waals surface area contributed by atoms with Crippen LogP contribution in [0.1, 0.15) is 6.92 Å². The third-order valence-corrected chi connectivity index (χ3v) is 1.04. The molecule has 2 nitrogen and oxygen atoms in total. The van der Waals surface area contributed by atoms with Gasteiger partial charge in [0, 0.05) is 14.2 Å². The zero-order valence-electron chi connectivity index (χ0n) is 6.70. The number of ether oxygens (including phenoxy) is 2. The lowest BCUT2D eigenvalue weighted by molar-refractivity contribution is -0.0666. The van der Waals surface area contributed by atoms with Gasteiger partial charge < -0.3 is 9.47 Å². The van der Waals surface area contributed by atoms with Gasteiger partial charge in [0.15, 0.2) is 6.29 Å². The van der Waals surface area contributed by atoms with E-state index in [9.17, 15) is 0 Å². The smallest absolute Gasteiger partial charge is 0.176 e. The van der Waals surface area contributed by atoms with Crippen molar-refractivity contribution < 1.29 is 9.47 Å². The third kappa shape index (κ3) is 4.30. The van der Waals surface area contributed by atoms with Crippen molar-refractivity contribution in [1.29, 1.82) is 0 Å². The Morgan fingerprint density at radius 3 is 2.10 bits per heavy atom. The highest BCUT2D eigenvalue weighted by Crippen LogP contribution is 1.92. The molecule has 0 unspecified atom stereocenters. The van der Waals surface area contributed by atoms with Gasteiger partial charge in [0.2, 0.25) is 0 Å². The molecule has 58 valence electrons. The van der Waals surface area contributed by atoms with Crippen LogP contribution < -0.4 is 0 Å². The first-order valence-corrected chi connectivity index (χ1v) is 3.20. The van der Waals surface area contributed by atoms with Gasteiger partial charge in [-0.25, -0.2) is 0 Å². The van der Waals surface area contributed by atoms with Crippen LogP contribution in [0.2, 0.25) is 0 Å². The summed E-state index contributed by atoms with van der Waals surface area (Å²) in [5.74, 6) is 0. The summed E-state index contributed by atoms with van der Waals surface area (Å²) in [6.45, 7) is 1.96. The monoisotopic (exact) mass is 142 g/mol. The maximum absolute atomic E-state index is 4.90. The normalized spacial score (nSPS) is 12.4. The zero-order valence-corrected chi connectivity index (χ0v) is 6.70. The average molecular weight is 142 g/mol. The van der Waals surface area contributed by atoms with Crippen LogP contribution in [0.4, 0.5) is 0 Å². The van der Waals surface area contributed by atoms with Crippen molar-refractivity contribution in [2.24, 2.45) is 0 Å². The molecule has 0 aliphatic heterocycles. The molecule has 0 saturated heterocycles. The molecule has 0 spiro atoms. The SMILES string of the molecule is CC=CC=CC(OC)OC. The molecule has 10 heavy (non-hydrogen) atoms. The highest BCUT2D eigenvalue weighted by molar-refractivity contribution is 5.02. The van der Waals surface area contributed by atoms with E-state index in [-0.39, 0.29) is 6.29 Å². The summed E-state index contributed by atoms with van der Waals surface area (Å²) < 4.78 is 9.81. The summed E-state index contributed by atoms with van der Waals surface area (Å²) in [6, 6.07) is 0. The molecule has 0 N–H and O–H groups in total. The van der Waals surface area contributed by atoms with Gasteiger partial charge in [0.05, 0.1) is 0 Å². The minimum Gasteiger partial charge on any atom is -0.352 e. The van der Waals surface area contributed by atoms with Crippen LogP contribution >= 0.6 is 0 Å². The van der Waals surface area contributed by atoms with Crippen LogP contribution in [-0.4, -0.2) is 20.5 Å². The zero-order chi connectivity index (χ0) is 7.82. The van der Waals surface area contributed by atoms with Crippen molar-refractivity contribution in [2.45, 2.75) is 13.2 Å². The van der Waals surface area contributed by atoms with E-state index in [1.54, 1.807) is 14.2 Å². The molecule has 0 rings (SSSR count). The first-order chi connectivity index (χ1) is 4.85. The summed E-state index contributed by atoms with van der Waals surface area (Å²) in [7, 11) is 3.21. The average Bonchev–Trinajstić information content (AvgIpc) is 1.99. The lowest BCUT2D eigenvalue weighted by Crippen LogP contribution is -2.08. The highest BCUT2D eigenvalue weighted by Gasteiger charge is 1.94. The lowest BCUT2D eigenvalue weighted by atomic mass is 10.4. The Kier molecular flexibility index (Phi) is 6.13. The maximum atomic E-state index is 4.90. The minimum atomic E-state index is -0.226. The third-order valence-electron chi connectivity index (χ3n) is 1.04. The predicted molar refractivity (Wildman–Crippen MR) is 41.8 cm³/mol. The van der Waals surface area contributed by atoms with Crippen molar-refractivity contribution in [1.82, 2.24) is 0 Å². The van der Waals surface area contributed by atoms with Gasteiger partial charge in [0.1, 0.15) is 0 Å². The van der Waals surface area contributed by atoms with Crippen molar-refractivity contribution in [3.05, 3.63) is 24.3 Å². The van der Waals surface area contributed by atoms with Gasteiger partial charge in [0.25, 0.3) is 0 Å². The van der Waals surface area contributed by atoms with Gasteiger partial charge in [-0.2, -0.15) is 0 Å². The molecular formula is C8H14O2. The van der Waals surface area contributed by atoms with Gasteiger partial charge in [-0.05, 0) is 13.0 Å². The van der Waals surface area contributed by atoms with E-state index in [4.69, 9.17) is 9.47 Å². The lowest BCUT2D eigenvalue weighted by Gasteiger charge is -2.05. The fourth-order valence-corrected chi connectivity index (χ4v) is 0.519.